The first kappa shape index (κ1) is 15.5. The number of nitrogens with zero attached hydrogens (tertiary/aromatic N) is 2. The quantitative estimate of drug-likeness (QED) is 0.808. The number of hydrogen-bond donors (Lipinski definition) is 1. The van der Waals surface area contributed by atoms with E-state index < -0.39 is 31.3 Å². The maximum Gasteiger partial charge on any atom is 0.406 e. The smallest absolute Gasteiger partial charge is 0.406 e. The van der Waals surface area contributed by atoms with Crippen LogP contribution in [0.5, 0.6) is 0 Å². The molecule has 0 aromatic rings. The number of carbonyl (C=O) groups excluding carboxylic acids is 1. The molecule has 0 bridgehead atoms. The standard InChI is InChI=1S/C9H15F3N2O3/c1-3-13(5-7(15)16)8(17)14(4-2)6-9(10,11)12/h3-6H2,1-2H3,(H,15,16). The summed E-state index contributed by atoms with van der Waals surface area (Å²) in [5, 5.41) is 8.52. The van der Waals surface area contributed by atoms with Crippen LogP contribution < -0.4 is 0 Å². The highest BCUT2D eigenvalue weighted by atomic mass is 19.4. The minimum atomic E-state index is -4.49. The van der Waals surface area contributed by atoms with Gasteiger partial charge in [-0.3, -0.25) is 4.79 Å². The number of carboxylic acid groups (broad SMARTS) is 1. The van der Waals surface area contributed by atoms with E-state index in [2.05, 4.69) is 0 Å². The molecule has 0 atom stereocenters. The first-order valence-electron chi connectivity index (χ1n) is 5.03. The van der Waals surface area contributed by atoms with Gasteiger partial charge in [-0.25, -0.2) is 4.79 Å². The molecule has 2 amide bonds. The predicted octanol–water partition coefficient (Wildman–Crippen LogP) is 1.40. The highest BCUT2D eigenvalue weighted by Gasteiger charge is 2.33. The van der Waals surface area contributed by atoms with Crippen LogP contribution in [0.1, 0.15) is 13.8 Å². The van der Waals surface area contributed by atoms with Crippen molar-refractivity contribution < 1.29 is 27.9 Å². The molecule has 0 radical (unpaired) electrons. The Morgan fingerprint density at radius 2 is 1.59 bits per heavy atom. The monoisotopic (exact) mass is 256 g/mol. The first-order chi connectivity index (χ1) is 7.71. The van der Waals surface area contributed by atoms with Gasteiger partial charge in [0.25, 0.3) is 0 Å². The Balaban J connectivity index is 4.65. The zero-order valence-corrected chi connectivity index (χ0v) is 9.62. The molecule has 0 aromatic heterocycles. The van der Waals surface area contributed by atoms with E-state index in [9.17, 15) is 22.8 Å². The number of likely N-dealkylation sites (N-methyl/N-ethyl adjacent to an activating group) is 1. The molecule has 0 aliphatic rings. The lowest BCUT2D eigenvalue weighted by Gasteiger charge is -2.28. The average Bonchev–Trinajstić information content (AvgIpc) is 2.20. The van der Waals surface area contributed by atoms with Crippen LogP contribution in [0.2, 0.25) is 0 Å². The van der Waals surface area contributed by atoms with Gasteiger partial charge in [-0.05, 0) is 13.8 Å². The van der Waals surface area contributed by atoms with Gasteiger partial charge < -0.3 is 14.9 Å². The largest absolute Gasteiger partial charge is 0.480 e. The van der Waals surface area contributed by atoms with Crippen molar-refractivity contribution >= 4 is 12.0 Å². The van der Waals surface area contributed by atoms with Crippen molar-refractivity contribution in [1.82, 2.24) is 9.80 Å². The maximum absolute atomic E-state index is 12.2. The van der Waals surface area contributed by atoms with E-state index in [1.807, 2.05) is 0 Å². The van der Waals surface area contributed by atoms with Crippen LogP contribution in [-0.2, 0) is 4.79 Å². The van der Waals surface area contributed by atoms with E-state index in [4.69, 9.17) is 5.11 Å². The Hall–Kier alpha value is -1.47. The molecule has 0 saturated carbocycles. The fourth-order valence-electron chi connectivity index (χ4n) is 1.21. The van der Waals surface area contributed by atoms with Crippen molar-refractivity contribution in [2.45, 2.75) is 20.0 Å². The molecular formula is C9H15F3N2O3. The van der Waals surface area contributed by atoms with Gasteiger partial charge in [-0.1, -0.05) is 0 Å². The van der Waals surface area contributed by atoms with Crippen LogP contribution in [-0.4, -0.2) is 59.3 Å². The van der Waals surface area contributed by atoms with Crippen molar-refractivity contribution in [3.8, 4) is 0 Å². The van der Waals surface area contributed by atoms with Crippen LogP contribution in [0.15, 0.2) is 0 Å². The summed E-state index contributed by atoms with van der Waals surface area (Å²) < 4.78 is 36.5. The minimum Gasteiger partial charge on any atom is -0.480 e. The second-order valence-electron chi connectivity index (χ2n) is 3.32. The maximum atomic E-state index is 12.2. The number of urea groups is 1. The molecule has 0 heterocycles. The van der Waals surface area contributed by atoms with Crippen LogP contribution in [0.25, 0.3) is 0 Å². The third-order valence-corrected chi connectivity index (χ3v) is 2.00. The molecule has 8 heteroatoms. The summed E-state index contributed by atoms with van der Waals surface area (Å²) >= 11 is 0. The summed E-state index contributed by atoms with van der Waals surface area (Å²) in [6.07, 6.45) is -4.49. The number of halogens is 3. The number of amides is 2. The summed E-state index contributed by atoms with van der Waals surface area (Å²) in [5.74, 6) is -1.26. The summed E-state index contributed by atoms with van der Waals surface area (Å²) in [6, 6.07) is -0.922. The molecule has 0 aromatic carbocycles. The molecule has 0 spiro atoms. The molecule has 100 valence electrons. The second-order valence-corrected chi connectivity index (χ2v) is 3.32. The zero-order chi connectivity index (χ0) is 13.6. The van der Waals surface area contributed by atoms with Gasteiger partial charge in [0, 0.05) is 13.1 Å². The summed E-state index contributed by atoms with van der Waals surface area (Å²) in [6.45, 7) is 0.830. The van der Waals surface area contributed by atoms with E-state index in [1.54, 1.807) is 0 Å². The third-order valence-electron chi connectivity index (χ3n) is 2.00. The third kappa shape index (κ3) is 5.98. The molecule has 5 nitrogen and oxygen atoms in total. The molecule has 0 saturated heterocycles. The van der Waals surface area contributed by atoms with Gasteiger partial charge in [-0.15, -0.1) is 0 Å². The van der Waals surface area contributed by atoms with E-state index in [0.717, 1.165) is 4.90 Å². The lowest BCUT2D eigenvalue weighted by molar-refractivity contribution is -0.141. The normalized spacial score (nSPS) is 11.1. The minimum absolute atomic E-state index is 0.0412. The summed E-state index contributed by atoms with van der Waals surface area (Å²) in [5.41, 5.74) is 0. The van der Waals surface area contributed by atoms with Crippen molar-refractivity contribution in [2.75, 3.05) is 26.2 Å². The number of hydrogen-bond acceptors (Lipinski definition) is 2. The van der Waals surface area contributed by atoms with Crippen molar-refractivity contribution in [1.29, 1.82) is 0 Å². The van der Waals surface area contributed by atoms with Gasteiger partial charge in [0.05, 0.1) is 0 Å². The van der Waals surface area contributed by atoms with Crippen LogP contribution in [0.4, 0.5) is 18.0 Å². The molecule has 0 rings (SSSR count). The van der Waals surface area contributed by atoms with Crippen molar-refractivity contribution in [3.05, 3.63) is 0 Å². The lowest BCUT2D eigenvalue weighted by Crippen LogP contribution is -2.48. The van der Waals surface area contributed by atoms with Gasteiger partial charge >= 0.3 is 18.2 Å². The predicted molar refractivity (Wildman–Crippen MR) is 53.6 cm³/mol. The summed E-state index contributed by atoms with van der Waals surface area (Å²) in [7, 11) is 0. The van der Waals surface area contributed by atoms with Gasteiger partial charge in [0.15, 0.2) is 0 Å². The Kier molecular flexibility index (Phi) is 5.77. The Morgan fingerprint density at radius 1 is 1.12 bits per heavy atom. The summed E-state index contributed by atoms with van der Waals surface area (Å²) in [4.78, 5) is 23.4. The number of rotatable bonds is 5. The fraction of sp³-hybridized carbons (Fsp3) is 0.778. The molecule has 17 heavy (non-hydrogen) atoms. The Labute approximate surface area is 96.8 Å². The van der Waals surface area contributed by atoms with Gasteiger partial charge in [-0.2, -0.15) is 13.2 Å². The number of alkyl halides is 3. The average molecular weight is 256 g/mol. The number of aliphatic carboxylic acids is 1. The SMILES string of the molecule is CCN(CC(=O)O)C(=O)N(CC)CC(F)(F)F. The Morgan fingerprint density at radius 3 is 1.88 bits per heavy atom. The molecule has 1 N–H and O–H groups in total. The van der Waals surface area contributed by atoms with Crippen molar-refractivity contribution in [3.63, 3.8) is 0 Å². The zero-order valence-electron chi connectivity index (χ0n) is 9.62. The molecule has 0 unspecified atom stereocenters. The fourth-order valence-corrected chi connectivity index (χ4v) is 1.21. The van der Waals surface area contributed by atoms with Crippen LogP contribution >= 0.6 is 0 Å². The van der Waals surface area contributed by atoms with Crippen molar-refractivity contribution in [2.24, 2.45) is 0 Å². The number of carbonyl (C=O) groups is 2. The van der Waals surface area contributed by atoms with E-state index in [-0.39, 0.29) is 13.1 Å². The second kappa shape index (κ2) is 6.31. The van der Waals surface area contributed by atoms with Crippen LogP contribution in [0.3, 0.4) is 0 Å². The number of carboxylic acids is 1. The highest BCUT2D eigenvalue weighted by Crippen LogP contribution is 2.17. The van der Waals surface area contributed by atoms with E-state index in [0.29, 0.717) is 4.90 Å². The molecule has 0 fully saturated rings. The lowest BCUT2D eigenvalue weighted by atomic mass is 10.4. The van der Waals surface area contributed by atoms with E-state index in [1.165, 1.54) is 13.8 Å². The Bertz CT molecular complexity index is 281. The van der Waals surface area contributed by atoms with Gasteiger partial charge in [0.1, 0.15) is 13.1 Å². The molecule has 0 aliphatic carbocycles. The first-order valence-corrected chi connectivity index (χ1v) is 5.03. The molecule has 0 aliphatic heterocycles. The van der Waals surface area contributed by atoms with Gasteiger partial charge in [0.2, 0.25) is 0 Å². The highest BCUT2D eigenvalue weighted by molar-refractivity contribution is 5.80. The molecular weight excluding hydrogens is 241 g/mol. The van der Waals surface area contributed by atoms with E-state index >= 15 is 0 Å². The van der Waals surface area contributed by atoms with Crippen LogP contribution in [0, 0.1) is 0 Å². The topological polar surface area (TPSA) is 60.9 Å².